The molecule has 6 nitrogen and oxygen atoms in total. The van der Waals surface area contributed by atoms with Crippen LogP contribution in [0.4, 0.5) is 11.4 Å². The third-order valence-electron chi connectivity index (χ3n) is 5.90. The SMILES string of the molecule is Cc1cccc(N(CC(=O)N[C@@H](C)c2ccc(N3CCC(C)CC3)cc2)S(C)(=O)=O)c1. The summed E-state index contributed by atoms with van der Waals surface area (Å²) >= 11 is 0. The third-order valence-corrected chi connectivity index (χ3v) is 7.04. The highest BCUT2D eigenvalue weighted by atomic mass is 32.2. The van der Waals surface area contributed by atoms with Crippen molar-refractivity contribution in [2.45, 2.75) is 39.7 Å². The van der Waals surface area contributed by atoms with Crippen molar-refractivity contribution >= 4 is 27.3 Å². The molecule has 3 rings (SSSR count). The fourth-order valence-electron chi connectivity index (χ4n) is 3.92. The number of hydrogen-bond donors (Lipinski definition) is 1. The zero-order valence-corrected chi connectivity index (χ0v) is 19.7. The lowest BCUT2D eigenvalue weighted by molar-refractivity contribution is -0.120. The Morgan fingerprint density at radius 1 is 1.16 bits per heavy atom. The van der Waals surface area contributed by atoms with Crippen LogP contribution >= 0.6 is 0 Å². The monoisotopic (exact) mass is 443 g/mol. The Hall–Kier alpha value is -2.54. The molecule has 1 fully saturated rings. The third kappa shape index (κ3) is 6.23. The second-order valence-electron chi connectivity index (χ2n) is 8.66. The maximum Gasteiger partial charge on any atom is 0.241 e. The Labute approximate surface area is 186 Å². The number of sulfonamides is 1. The van der Waals surface area contributed by atoms with Gasteiger partial charge in [0.05, 0.1) is 18.0 Å². The minimum atomic E-state index is -3.59. The number of nitrogens with one attached hydrogen (secondary N) is 1. The van der Waals surface area contributed by atoms with E-state index in [-0.39, 0.29) is 18.5 Å². The molecule has 0 bridgehead atoms. The summed E-state index contributed by atoms with van der Waals surface area (Å²) in [7, 11) is -3.59. The molecule has 1 heterocycles. The number of carbonyl (C=O) groups excluding carboxylic acids is 1. The van der Waals surface area contributed by atoms with E-state index in [0.29, 0.717) is 5.69 Å². The first-order valence-electron chi connectivity index (χ1n) is 10.8. The van der Waals surface area contributed by atoms with E-state index in [4.69, 9.17) is 0 Å². The zero-order valence-electron chi connectivity index (χ0n) is 18.8. The van der Waals surface area contributed by atoms with Crippen LogP contribution in [0, 0.1) is 12.8 Å². The second kappa shape index (κ2) is 9.73. The van der Waals surface area contributed by atoms with Crippen LogP contribution in [-0.4, -0.2) is 40.2 Å². The highest BCUT2D eigenvalue weighted by molar-refractivity contribution is 7.92. The first-order valence-corrected chi connectivity index (χ1v) is 12.7. The molecule has 31 heavy (non-hydrogen) atoms. The van der Waals surface area contributed by atoms with Gasteiger partial charge >= 0.3 is 0 Å². The molecule has 0 aromatic heterocycles. The predicted molar refractivity (Wildman–Crippen MR) is 127 cm³/mol. The number of anilines is 2. The van der Waals surface area contributed by atoms with Gasteiger partial charge in [0.1, 0.15) is 6.54 Å². The molecule has 7 heteroatoms. The maximum atomic E-state index is 12.7. The van der Waals surface area contributed by atoms with Crippen molar-refractivity contribution in [3.05, 3.63) is 59.7 Å². The van der Waals surface area contributed by atoms with Gasteiger partial charge in [-0.25, -0.2) is 8.42 Å². The molecule has 1 saturated heterocycles. The van der Waals surface area contributed by atoms with E-state index in [9.17, 15) is 13.2 Å². The molecule has 0 aliphatic carbocycles. The number of aryl methyl sites for hydroxylation is 1. The fourth-order valence-corrected chi connectivity index (χ4v) is 4.77. The summed E-state index contributed by atoms with van der Waals surface area (Å²) in [5.41, 5.74) is 3.62. The summed E-state index contributed by atoms with van der Waals surface area (Å²) in [4.78, 5) is 15.1. The first kappa shape index (κ1) is 23.1. The smallest absolute Gasteiger partial charge is 0.241 e. The van der Waals surface area contributed by atoms with E-state index in [0.717, 1.165) is 40.7 Å². The Kier molecular flexibility index (Phi) is 7.26. The van der Waals surface area contributed by atoms with Crippen LogP contribution in [0.15, 0.2) is 48.5 Å². The molecule has 2 aromatic rings. The van der Waals surface area contributed by atoms with Gasteiger partial charge in [-0.15, -0.1) is 0 Å². The van der Waals surface area contributed by atoms with E-state index >= 15 is 0 Å². The molecule has 2 aromatic carbocycles. The highest BCUT2D eigenvalue weighted by Gasteiger charge is 2.22. The molecule has 168 valence electrons. The molecule has 1 N–H and O–H groups in total. The number of benzene rings is 2. The van der Waals surface area contributed by atoms with Crippen LogP contribution < -0.4 is 14.5 Å². The quantitative estimate of drug-likeness (QED) is 0.705. The van der Waals surface area contributed by atoms with Gasteiger partial charge in [0.15, 0.2) is 0 Å². The van der Waals surface area contributed by atoms with Crippen LogP contribution in [0.25, 0.3) is 0 Å². The maximum absolute atomic E-state index is 12.7. The molecule has 1 aliphatic heterocycles. The topological polar surface area (TPSA) is 69.7 Å². The summed E-state index contributed by atoms with van der Waals surface area (Å²) in [6, 6.07) is 15.2. The van der Waals surface area contributed by atoms with E-state index < -0.39 is 10.0 Å². The van der Waals surface area contributed by atoms with Crippen molar-refractivity contribution in [2.75, 3.05) is 35.1 Å². The van der Waals surface area contributed by atoms with Gasteiger partial charge in [0.25, 0.3) is 0 Å². The molecular formula is C24H33N3O3S. The van der Waals surface area contributed by atoms with Crippen molar-refractivity contribution in [2.24, 2.45) is 5.92 Å². The average molecular weight is 444 g/mol. The van der Waals surface area contributed by atoms with Gasteiger partial charge in [-0.2, -0.15) is 0 Å². The molecule has 0 radical (unpaired) electrons. The molecule has 1 aliphatic rings. The van der Waals surface area contributed by atoms with E-state index in [2.05, 4.69) is 29.3 Å². The molecule has 1 atom stereocenters. The lowest BCUT2D eigenvalue weighted by atomic mass is 9.98. The Bertz CT molecular complexity index is 997. The van der Waals surface area contributed by atoms with Gasteiger partial charge in [-0.05, 0) is 68.0 Å². The second-order valence-corrected chi connectivity index (χ2v) is 10.6. The molecule has 0 spiro atoms. The minimum absolute atomic E-state index is 0.221. The summed E-state index contributed by atoms with van der Waals surface area (Å²) in [6.07, 6.45) is 3.55. The van der Waals surface area contributed by atoms with Gasteiger partial charge in [-0.1, -0.05) is 31.2 Å². The summed E-state index contributed by atoms with van der Waals surface area (Å²) in [5.74, 6) is 0.450. The molecule has 0 saturated carbocycles. The summed E-state index contributed by atoms with van der Waals surface area (Å²) in [6.45, 7) is 8.00. The minimum Gasteiger partial charge on any atom is -0.372 e. The molecular weight excluding hydrogens is 410 g/mol. The fraction of sp³-hybridized carbons (Fsp3) is 0.458. The van der Waals surface area contributed by atoms with E-state index in [1.165, 1.54) is 18.5 Å². The predicted octanol–water partition coefficient (Wildman–Crippen LogP) is 3.87. The Morgan fingerprint density at radius 2 is 1.81 bits per heavy atom. The van der Waals surface area contributed by atoms with Crippen LogP contribution in [0.3, 0.4) is 0 Å². The number of amides is 1. The lowest BCUT2D eigenvalue weighted by Gasteiger charge is -2.32. The Morgan fingerprint density at radius 3 is 2.39 bits per heavy atom. The van der Waals surface area contributed by atoms with Gasteiger partial charge < -0.3 is 10.2 Å². The number of hydrogen-bond acceptors (Lipinski definition) is 4. The number of nitrogens with zero attached hydrogens (tertiary/aromatic N) is 2. The van der Waals surface area contributed by atoms with Crippen LogP contribution in [0.1, 0.15) is 43.9 Å². The zero-order chi connectivity index (χ0) is 22.6. The van der Waals surface area contributed by atoms with Gasteiger partial charge in [-0.3, -0.25) is 9.10 Å². The average Bonchev–Trinajstić information content (AvgIpc) is 2.72. The van der Waals surface area contributed by atoms with Crippen LogP contribution in [-0.2, 0) is 14.8 Å². The van der Waals surface area contributed by atoms with E-state index in [1.807, 2.05) is 32.0 Å². The van der Waals surface area contributed by atoms with Gasteiger partial charge in [0.2, 0.25) is 15.9 Å². The summed E-state index contributed by atoms with van der Waals surface area (Å²) in [5, 5.41) is 2.93. The van der Waals surface area contributed by atoms with Crippen molar-refractivity contribution in [3.8, 4) is 0 Å². The number of carbonyl (C=O) groups is 1. The van der Waals surface area contributed by atoms with Crippen molar-refractivity contribution in [1.82, 2.24) is 5.32 Å². The lowest BCUT2D eigenvalue weighted by Crippen LogP contribution is -2.41. The van der Waals surface area contributed by atoms with Crippen molar-refractivity contribution in [3.63, 3.8) is 0 Å². The molecule has 0 unspecified atom stereocenters. The van der Waals surface area contributed by atoms with Crippen molar-refractivity contribution in [1.29, 1.82) is 0 Å². The summed E-state index contributed by atoms with van der Waals surface area (Å²) < 4.78 is 25.7. The Balaban J connectivity index is 1.64. The number of piperidine rings is 1. The largest absolute Gasteiger partial charge is 0.372 e. The van der Waals surface area contributed by atoms with Gasteiger partial charge in [0, 0.05) is 18.8 Å². The number of rotatable bonds is 7. The van der Waals surface area contributed by atoms with E-state index in [1.54, 1.807) is 18.2 Å². The van der Waals surface area contributed by atoms with Crippen molar-refractivity contribution < 1.29 is 13.2 Å². The van der Waals surface area contributed by atoms with Crippen LogP contribution in [0.5, 0.6) is 0 Å². The first-order chi connectivity index (χ1) is 14.6. The highest BCUT2D eigenvalue weighted by Crippen LogP contribution is 2.25. The molecule has 1 amide bonds. The normalized spacial score (nSPS) is 16.1. The standard InChI is InChI=1S/C24H33N3O3S/c1-18-12-14-26(15-13-18)22-10-8-21(9-11-22)20(3)25-24(28)17-27(31(4,29)30)23-7-5-6-19(2)16-23/h5-11,16,18,20H,12-15,17H2,1-4H3,(H,25,28)/t20-/m0/s1. The van der Waals surface area contributed by atoms with Crippen LogP contribution in [0.2, 0.25) is 0 Å².